The molecule has 2 unspecified atom stereocenters. The molecule has 0 radical (unpaired) electrons. The standard InChI is InChI=1S/C18H27N3O2.ClH/c1-13-10-21(11-14(2)23-13)12-16-5-3-15(4-6-16)7-20-18(22)17-8-19-9-17;/h3-6,13-14,17,19H,7-12H2,1-2H3,(H,20,22);1H. The van der Waals surface area contributed by atoms with Crippen LogP contribution in [-0.4, -0.2) is 49.2 Å². The highest BCUT2D eigenvalue weighted by atomic mass is 35.5. The van der Waals surface area contributed by atoms with Crippen LogP contribution in [0.2, 0.25) is 0 Å². The fourth-order valence-electron chi connectivity index (χ4n) is 3.24. The molecule has 0 bridgehead atoms. The van der Waals surface area contributed by atoms with Gasteiger partial charge in [0, 0.05) is 39.3 Å². The number of carbonyl (C=O) groups excluding carboxylic acids is 1. The average molecular weight is 354 g/mol. The third-order valence-corrected chi connectivity index (χ3v) is 4.54. The van der Waals surface area contributed by atoms with Crippen LogP contribution >= 0.6 is 12.4 Å². The van der Waals surface area contributed by atoms with Crippen molar-refractivity contribution in [2.45, 2.75) is 39.1 Å². The van der Waals surface area contributed by atoms with Crippen molar-refractivity contribution in [3.63, 3.8) is 0 Å². The Morgan fingerprint density at radius 2 is 1.75 bits per heavy atom. The van der Waals surface area contributed by atoms with E-state index in [0.717, 1.165) is 38.3 Å². The Morgan fingerprint density at radius 3 is 2.29 bits per heavy atom. The van der Waals surface area contributed by atoms with Crippen LogP contribution in [0.5, 0.6) is 0 Å². The van der Waals surface area contributed by atoms with Gasteiger partial charge in [-0.3, -0.25) is 9.69 Å². The van der Waals surface area contributed by atoms with Crippen molar-refractivity contribution in [3.05, 3.63) is 35.4 Å². The van der Waals surface area contributed by atoms with Crippen LogP contribution in [0.1, 0.15) is 25.0 Å². The van der Waals surface area contributed by atoms with Gasteiger partial charge >= 0.3 is 0 Å². The molecule has 2 heterocycles. The van der Waals surface area contributed by atoms with Crippen LogP contribution in [0.25, 0.3) is 0 Å². The molecule has 1 aromatic carbocycles. The summed E-state index contributed by atoms with van der Waals surface area (Å²) >= 11 is 0. The summed E-state index contributed by atoms with van der Waals surface area (Å²) in [6.07, 6.45) is 0.600. The molecule has 6 heteroatoms. The monoisotopic (exact) mass is 353 g/mol. The van der Waals surface area contributed by atoms with Gasteiger partial charge in [-0.05, 0) is 25.0 Å². The third kappa shape index (κ3) is 5.18. The molecular formula is C18H28ClN3O2. The van der Waals surface area contributed by atoms with Crippen molar-refractivity contribution < 1.29 is 9.53 Å². The minimum Gasteiger partial charge on any atom is -0.373 e. The van der Waals surface area contributed by atoms with E-state index in [9.17, 15) is 4.79 Å². The summed E-state index contributed by atoms with van der Waals surface area (Å²) in [7, 11) is 0. The van der Waals surface area contributed by atoms with Gasteiger partial charge in [-0.1, -0.05) is 24.3 Å². The number of benzene rings is 1. The summed E-state index contributed by atoms with van der Waals surface area (Å²) in [6.45, 7) is 9.41. The Balaban J connectivity index is 0.00000208. The van der Waals surface area contributed by atoms with E-state index in [-0.39, 0.29) is 24.2 Å². The van der Waals surface area contributed by atoms with E-state index in [1.54, 1.807) is 0 Å². The molecule has 24 heavy (non-hydrogen) atoms. The molecule has 2 fully saturated rings. The number of nitrogens with one attached hydrogen (secondary N) is 2. The lowest BCUT2D eigenvalue weighted by Crippen LogP contribution is -2.50. The normalized spacial score (nSPS) is 24.8. The van der Waals surface area contributed by atoms with Gasteiger partial charge in [0.15, 0.2) is 0 Å². The maximum Gasteiger partial charge on any atom is 0.225 e. The van der Waals surface area contributed by atoms with Gasteiger partial charge < -0.3 is 15.4 Å². The first kappa shape index (κ1) is 19.2. The van der Waals surface area contributed by atoms with Gasteiger partial charge in [0.2, 0.25) is 5.91 Å². The summed E-state index contributed by atoms with van der Waals surface area (Å²) in [5, 5.41) is 6.13. The Labute approximate surface area is 150 Å². The molecule has 3 rings (SSSR count). The lowest BCUT2D eigenvalue weighted by Gasteiger charge is -2.35. The quantitative estimate of drug-likeness (QED) is 0.843. The number of amides is 1. The molecule has 134 valence electrons. The molecule has 2 aliphatic heterocycles. The number of hydrogen-bond donors (Lipinski definition) is 2. The Bertz CT molecular complexity index is 524. The van der Waals surface area contributed by atoms with E-state index >= 15 is 0 Å². The number of morpholine rings is 1. The van der Waals surface area contributed by atoms with Crippen molar-refractivity contribution in [2.24, 2.45) is 5.92 Å². The summed E-state index contributed by atoms with van der Waals surface area (Å²) in [5.74, 6) is 0.309. The maximum absolute atomic E-state index is 11.8. The molecule has 0 aromatic heterocycles. The van der Waals surface area contributed by atoms with E-state index in [0.29, 0.717) is 18.8 Å². The molecule has 5 nitrogen and oxygen atoms in total. The summed E-state index contributed by atoms with van der Waals surface area (Å²) in [6, 6.07) is 8.55. The Morgan fingerprint density at radius 1 is 1.17 bits per heavy atom. The Hall–Kier alpha value is -1.14. The number of ether oxygens (including phenoxy) is 1. The van der Waals surface area contributed by atoms with Crippen LogP contribution in [0.15, 0.2) is 24.3 Å². The van der Waals surface area contributed by atoms with Gasteiger partial charge in [0.1, 0.15) is 0 Å². The zero-order valence-electron chi connectivity index (χ0n) is 14.5. The van der Waals surface area contributed by atoms with Crippen LogP contribution < -0.4 is 10.6 Å². The zero-order valence-corrected chi connectivity index (χ0v) is 15.3. The predicted octanol–water partition coefficient (Wildman–Crippen LogP) is 1.55. The zero-order chi connectivity index (χ0) is 16.2. The number of carbonyl (C=O) groups is 1. The number of halogens is 1. The molecule has 1 amide bonds. The predicted molar refractivity (Wildman–Crippen MR) is 97.2 cm³/mol. The fourth-order valence-corrected chi connectivity index (χ4v) is 3.24. The highest BCUT2D eigenvalue weighted by molar-refractivity contribution is 5.85. The van der Waals surface area contributed by atoms with Crippen LogP contribution in [-0.2, 0) is 22.6 Å². The summed E-state index contributed by atoms with van der Waals surface area (Å²) < 4.78 is 5.77. The second-order valence-corrected chi connectivity index (χ2v) is 6.84. The van der Waals surface area contributed by atoms with Crippen LogP contribution in [0, 0.1) is 5.92 Å². The summed E-state index contributed by atoms with van der Waals surface area (Å²) in [4.78, 5) is 14.3. The van der Waals surface area contributed by atoms with Gasteiger partial charge in [-0.25, -0.2) is 0 Å². The lowest BCUT2D eigenvalue weighted by molar-refractivity contribution is -0.126. The van der Waals surface area contributed by atoms with Crippen molar-refractivity contribution in [3.8, 4) is 0 Å². The van der Waals surface area contributed by atoms with E-state index in [1.807, 2.05) is 0 Å². The third-order valence-electron chi connectivity index (χ3n) is 4.54. The minimum absolute atomic E-state index is 0. The molecule has 2 N–H and O–H groups in total. The van der Waals surface area contributed by atoms with E-state index in [1.165, 1.54) is 5.56 Å². The SMILES string of the molecule is CC1CN(Cc2ccc(CNC(=O)C3CNC3)cc2)CC(C)O1.Cl. The van der Waals surface area contributed by atoms with E-state index in [4.69, 9.17) is 4.74 Å². The topological polar surface area (TPSA) is 53.6 Å². The first-order valence-corrected chi connectivity index (χ1v) is 8.54. The van der Waals surface area contributed by atoms with Crippen molar-refractivity contribution in [1.82, 2.24) is 15.5 Å². The van der Waals surface area contributed by atoms with Gasteiger partial charge in [-0.15, -0.1) is 12.4 Å². The van der Waals surface area contributed by atoms with Crippen LogP contribution in [0.3, 0.4) is 0 Å². The molecule has 0 saturated carbocycles. The lowest BCUT2D eigenvalue weighted by atomic mass is 10.0. The van der Waals surface area contributed by atoms with Gasteiger partial charge in [-0.2, -0.15) is 0 Å². The Kier molecular flexibility index (Phi) is 7.04. The largest absolute Gasteiger partial charge is 0.373 e. The molecular weight excluding hydrogens is 326 g/mol. The van der Waals surface area contributed by atoms with Gasteiger partial charge in [0.05, 0.1) is 18.1 Å². The number of nitrogens with zero attached hydrogens (tertiary/aromatic N) is 1. The molecule has 0 aliphatic carbocycles. The first-order chi connectivity index (χ1) is 11.1. The maximum atomic E-state index is 11.8. The molecule has 0 spiro atoms. The second-order valence-electron chi connectivity index (χ2n) is 6.84. The number of rotatable bonds is 5. The van der Waals surface area contributed by atoms with E-state index < -0.39 is 0 Å². The van der Waals surface area contributed by atoms with Crippen LogP contribution in [0.4, 0.5) is 0 Å². The molecule has 2 saturated heterocycles. The van der Waals surface area contributed by atoms with Gasteiger partial charge in [0.25, 0.3) is 0 Å². The average Bonchev–Trinajstić information content (AvgIpc) is 2.43. The highest BCUT2D eigenvalue weighted by Crippen LogP contribution is 2.15. The van der Waals surface area contributed by atoms with Crippen molar-refractivity contribution >= 4 is 18.3 Å². The van der Waals surface area contributed by atoms with E-state index in [2.05, 4.69) is 53.6 Å². The molecule has 2 atom stereocenters. The minimum atomic E-state index is 0. The number of hydrogen-bond acceptors (Lipinski definition) is 4. The van der Waals surface area contributed by atoms with Crippen molar-refractivity contribution in [1.29, 1.82) is 0 Å². The highest BCUT2D eigenvalue weighted by Gasteiger charge is 2.24. The molecule has 2 aliphatic rings. The smallest absolute Gasteiger partial charge is 0.225 e. The fraction of sp³-hybridized carbons (Fsp3) is 0.611. The first-order valence-electron chi connectivity index (χ1n) is 8.54. The van der Waals surface area contributed by atoms with Crippen molar-refractivity contribution in [2.75, 3.05) is 26.2 Å². The molecule has 1 aromatic rings. The second kappa shape index (κ2) is 8.81. The summed E-state index contributed by atoms with van der Waals surface area (Å²) in [5.41, 5.74) is 2.46.